The van der Waals surface area contributed by atoms with Crippen LogP contribution in [0.25, 0.3) is 0 Å². The fourth-order valence-electron chi connectivity index (χ4n) is 0.397. The van der Waals surface area contributed by atoms with Gasteiger partial charge in [-0.1, -0.05) is 0 Å². The van der Waals surface area contributed by atoms with E-state index in [0.29, 0.717) is 0 Å². The van der Waals surface area contributed by atoms with E-state index in [1.54, 1.807) is 7.05 Å². The van der Waals surface area contributed by atoms with Crippen molar-refractivity contribution < 1.29 is 39.5 Å². The monoisotopic (exact) mass is 149 g/mol. The summed E-state index contributed by atoms with van der Waals surface area (Å²) in [5.41, 5.74) is 0. The van der Waals surface area contributed by atoms with E-state index in [1.807, 2.05) is 0 Å². The first-order valence-corrected chi connectivity index (χ1v) is 2.22. The first-order chi connectivity index (χ1) is 4.20. The number of carboxylic acid groups (broad SMARTS) is 1. The molecule has 48 valence electrons. The van der Waals surface area contributed by atoms with E-state index in [9.17, 15) is 4.79 Å². The van der Waals surface area contributed by atoms with Gasteiger partial charge in [-0.25, -0.2) is 0 Å². The molecule has 0 unspecified atom stereocenters. The maximum atomic E-state index is 10.1. The summed E-state index contributed by atoms with van der Waals surface area (Å²) in [5.74, 6) is -1.36. The van der Waals surface area contributed by atoms with Crippen LogP contribution in [0.4, 0.5) is 0 Å². The molecule has 1 aromatic heterocycles. The van der Waals surface area contributed by atoms with Crippen LogP contribution < -0.4 is 29.6 Å². The summed E-state index contributed by atoms with van der Waals surface area (Å²) in [5, 5.41) is 11.7. The Kier molecular flexibility index (Phi) is 3.55. The molecule has 5 nitrogen and oxygen atoms in total. The Bertz CT molecular complexity index is 234. The van der Waals surface area contributed by atoms with Gasteiger partial charge >= 0.3 is 29.6 Å². The molecule has 0 aromatic carbocycles. The van der Waals surface area contributed by atoms with Crippen molar-refractivity contribution in [1.29, 1.82) is 0 Å². The van der Waals surface area contributed by atoms with Crippen LogP contribution in [-0.4, -0.2) is 25.8 Å². The Morgan fingerprint density at radius 3 is 2.60 bits per heavy atom. The molecule has 0 aliphatic heterocycles. The van der Waals surface area contributed by atoms with Crippen molar-refractivity contribution >= 4 is 5.97 Å². The fraction of sp³-hybridized carbons (Fsp3) is 0.250. The zero-order valence-electron chi connectivity index (χ0n) is 5.70. The van der Waals surface area contributed by atoms with Gasteiger partial charge in [0, 0.05) is 7.05 Å². The number of carboxylic acids is 1. The molecule has 0 aliphatic carbocycles. The maximum absolute atomic E-state index is 10.1. The number of aryl methyl sites for hydroxylation is 1. The van der Waals surface area contributed by atoms with Gasteiger partial charge < -0.3 is 14.8 Å². The van der Waals surface area contributed by atoms with Gasteiger partial charge in [0.1, 0.15) is 5.82 Å². The third-order valence-electron chi connectivity index (χ3n) is 0.737. The SMILES string of the molecule is Cn1[c-]nc(C(=O)O)n1.[Na+]. The second kappa shape index (κ2) is 3.70. The maximum Gasteiger partial charge on any atom is 1.00 e. The first kappa shape index (κ1) is 9.61. The van der Waals surface area contributed by atoms with Crippen LogP contribution in [0.1, 0.15) is 10.6 Å². The Balaban J connectivity index is 0.000000810. The van der Waals surface area contributed by atoms with Crippen LogP contribution in [0.15, 0.2) is 0 Å². The Morgan fingerprint density at radius 1 is 1.80 bits per heavy atom. The molecule has 1 aromatic rings. The van der Waals surface area contributed by atoms with Crippen LogP contribution in [0.5, 0.6) is 0 Å². The van der Waals surface area contributed by atoms with E-state index in [1.165, 1.54) is 4.68 Å². The average molecular weight is 149 g/mol. The van der Waals surface area contributed by atoms with Crippen molar-refractivity contribution in [3.63, 3.8) is 0 Å². The molecule has 0 fully saturated rings. The van der Waals surface area contributed by atoms with Gasteiger partial charge in [-0.2, -0.15) is 0 Å². The Labute approximate surface area is 79.4 Å². The van der Waals surface area contributed by atoms with Crippen molar-refractivity contribution in [1.82, 2.24) is 14.8 Å². The summed E-state index contributed by atoms with van der Waals surface area (Å²) in [6.07, 6.45) is 2.32. The number of hydrogen-bond donors (Lipinski definition) is 1. The Hall–Kier alpha value is -0.390. The van der Waals surface area contributed by atoms with Gasteiger partial charge in [0.2, 0.25) is 0 Å². The Morgan fingerprint density at radius 2 is 2.40 bits per heavy atom. The minimum absolute atomic E-state index is 0. The molecule has 1 rings (SSSR count). The standard InChI is InChI=1S/C4H4N3O2.Na/c1-7-2-5-3(6-7)4(8)9;/h1H3,(H,8,9);/q-1;+1. The first-order valence-electron chi connectivity index (χ1n) is 2.22. The van der Waals surface area contributed by atoms with Gasteiger partial charge in [0.25, 0.3) is 5.97 Å². The van der Waals surface area contributed by atoms with Gasteiger partial charge in [-0.15, -0.1) is 0 Å². The summed E-state index contributed by atoms with van der Waals surface area (Å²) >= 11 is 0. The molecule has 0 spiro atoms. The van der Waals surface area contributed by atoms with Crippen molar-refractivity contribution in [3.05, 3.63) is 12.2 Å². The van der Waals surface area contributed by atoms with E-state index in [-0.39, 0.29) is 35.4 Å². The summed E-state index contributed by atoms with van der Waals surface area (Å²) in [6.45, 7) is 0. The number of aromatic carboxylic acids is 1. The van der Waals surface area contributed by atoms with E-state index >= 15 is 0 Å². The average Bonchev–Trinajstić information content (AvgIpc) is 2.14. The molecule has 0 radical (unpaired) electrons. The molecule has 10 heavy (non-hydrogen) atoms. The summed E-state index contributed by atoms with van der Waals surface area (Å²) in [4.78, 5) is 13.4. The number of nitrogens with zero attached hydrogens (tertiary/aromatic N) is 3. The van der Waals surface area contributed by atoms with E-state index < -0.39 is 5.97 Å². The minimum Gasteiger partial charge on any atom is -0.489 e. The normalized spacial score (nSPS) is 8.50. The van der Waals surface area contributed by atoms with Crippen LogP contribution in [0, 0.1) is 6.33 Å². The van der Waals surface area contributed by atoms with Gasteiger partial charge in [0.05, 0.1) is 0 Å². The number of hydrogen-bond acceptors (Lipinski definition) is 3. The van der Waals surface area contributed by atoms with E-state index in [4.69, 9.17) is 5.11 Å². The molecule has 0 aliphatic rings. The molecule has 0 bridgehead atoms. The summed E-state index contributed by atoms with van der Waals surface area (Å²) < 4.78 is 1.21. The number of carbonyl (C=O) groups is 1. The van der Waals surface area contributed by atoms with Crippen molar-refractivity contribution in [2.75, 3.05) is 0 Å². The minimum atomic E-state index is -1.13. The molecular weight excluding hydrogens is 145 g/mol. The predicted molar refractivity (Wildman–Crippen MR) is 26.8 cm³/mol. The predicted octanol–water partition coefficient (Wildman–Crippen LogP) is -3.68. The van der Waals surface area contributed by atoms with Crippen LogP contribution in [0.2, 0.25) is 0 Å². The van der Waals surface area contributed by atoms with Gasteiger partial charge in [-0.05, 0) is 6.33 Å². The molecule has 1 N–H and O–H groups in total. The molecule has 0 amide bonds. The van der Waals surface area contributed by atoms with Crippen molar-refractivity contribution in [2.45, 2.75) is 0 Å². The van der Waals surface area contributed by atoms with Crippen LogP contribution in [-0.2, 0) is 7.05 Å². The van der Waals surface area contributed by atoms with E-state index in [2.05, 4.69) is 16.4 Å². The largest absolute Gasteiger partial charge is 1.00 e. The number of rotatable bonds is 1. The third-order valence-corrected chi connectivity index (χ3v) is 0.737. The summed E-state index contributed by atoms with van der Waals surface area (Å²) in [6, 6.07) is 0. The smallest absolute Gasteiger partial charge is 0.489 e. The molecule has 1 heterocycles. The zero-order chi connectivity index (χ0) is 6.85. The third kappa shape index (κ3) is 2.09. The van der Waals surface area contributed by atoms with Crippen molar-refractivity contribution in [3.8, 4) is 0 Å². The molecule has 6 heteroatoms. The topological polar surface area (TPSA) is 68.0 Å². The molecule has 0 atom stereocenters. The van der Waals surface area contributed by atoms with Crippen LogP contribution >= 0.6 is 0 Å². The quantitative estimate of drug-likeness (QED) is 0.330. The van der Waals surface area contributed by atoms with Crippen molar-refractivity contribution in [2.24, 2.45) is 7.05 Å². The van der Waals surface area contributed by atoms with Gasteiger partial charge in [-0.3, -0.25) is 9.89 Å². The molecular formula is C4H4N3NaO2. The van der Waals surface area contributed by atoms with Crippen LogP contribution in [0.3, 0.4) is 0 Å². The molecule has 0 saturated heterocycles. The number of aromatic nitrogens is 3. The second-order valence-corrected chi connectivity index (χ2v) is 1.46. The van der Waals surface area contributed by atoms with E-state index in [0.717, 1.165) is 0 Å². The second-order valence-electron chi connectivity index (χ2n) is 1.46. The zero-order valence-corrected chi connectivity index (χ0v) is 7.70. The molecule has 0 saturated carbocycles. The summed E-state index contributed by atoms with van der Waals surface area (Å²) in [7, 11) is 1.56. The van der Waals surface area contributed by atoms with Gasteiger partial charge in [0.15, 0.2) is 0 Å². The fourth-order valence-corrected chi connectivity index (χ4v) is 0.397.